The van der Waals surface area contributed by atoms with E-state index in [-0.39, 0.29) is 17.1 Å². The molecule has 0 spiro atoms. The van der Waals surface area contributed by atoms with E-state index in [1.807, 2.05) is 0 Å². The molecular weight excluding hydrogens is 132 g/mol. The maximum Gasteiger partial charge on any atom is 0 e. The standard InChI is InChI=1S/C4H11Si.Fe/c1-5(2,3)4;/h1H2,2-4H3;/q-1;. The molecule has 0 rings (SSSR count). The summed E-state index contributed by atoms with van der Waals surface area (Å²) in [5, 5.41) is 0. The first-order chi connectivity index (χ1) is 2.00. The first-order valence-corrected chi connectivity index (χ1v) is 5.56. The molecule has 0 heterocycles. The predicted molar refractivity (Wildman–Crippen MR) is 28.7 cm³/mol. The van der Waals surface area contributed by atoms with Gasteiger partial charge in [-0.15, -0.1) is 8.07 Å². The maximum absolute atomic E-state index is 3.91. The summed E-state index contributed by atoms with van der Waals surface area (Å²) in [7, 11) is -0.861. The molecule has 0 N–H and O–H groups in total. The van der Waals surface area contributed by atoms with Gasteiger partial charge in [0, 0.05) is 17.1 Å². The molecule has 0 saturated carbocycles. The summed E-state index contributed by atoms with van der Waals surface area (Å²) in [4.78, 5) is 0. The van der Waals surface area contributed by atoms with Crippen LogP contribution in [0.25, 0.3) is 0 Å². The second-order valence-electron chi connectivity index (χ2n) is 2.56. The van der Waals surface area contributed by atoms with Gasteiger partial charge in [-0.3, -0.25) is 0 Å². The van der Waals surface area contributed by atoms with Crippen LogP contribution < -0.4 is 0 Å². The van der Waals surface area contributed by atoms with Crippen LogP contribution in [0.3, 0.4) is 0 Å². The van der Waals surface area contributed by atoms with Crippen LogP contribution in [0, 0.1) is 6.55 Å². The van der Waals surface area contributed by atoms with E-state index >= 15 is 0 Å². The molecule has 0 aromatic carbocycles. The van der Waals surface area contributed by atoms with Gasteiger partial charge in [0.2, 0.25) is 0 Å². The molecule has 2 heteroatoms. The third kappa shape index (κ3) is 122. The van der Waals surface area contributed by atoms with Gasteiger partial charge < -0.3 is 6.55 Å². The number of rotatable bonds is 0. The van der Waals surface area contributed by atoms with Crippen molar-refractivity contribution < 1.29 is 17.1 Å². The second-order valence-corrected chi connectivity index (χ2v) is 7.68. The van der Waals surface area contributed by atoms with Gasteiger partial charge in [-0.25, -0.2) is 0 Å². The second kappa shape index (κ2) is 2.84. The van der Waals surface area contributed by atoms with Gasteiger partial charge >= 0.3 is 0 Å². The van der Waals surface area contributed by atoms with Crippen molar-refractivity contribution in [3.05, 3.63) is 6.55 Å². The zero-order valence-electron chi connectivity index (χ0n) is 4.56. The van der Waals surface area contributed by atoms with Crippen LogP contribution in [-0.4, -0.2) is 8.07 Å². The molecule has 0 nitrogen and oxygen atoms in total. The molecule has 0 aliphatic rings. The third-order valence-electron chi connectivity index (χ3n) is 0. The summed E-state index contributed by atoms with van der Waals surface area (Å²) in [6.45, 7) is 10.6. The SMILES string of the molecule is [CH2-][Si](C)(C)C.[Fe]. The molecule has 0 unspecified atom stereocenters. The van der Waals surface area contributed by atoms with Crippen LogP contribution in [0.5, 0.6) is 0 Å². The summed E-state index contributed by atoms with van der Waals surface area (Å²) >= 11 is 0. The van der Waals surface area contributed by atoms with E-state index in [4.69, 9.17) is 0 Å². The van der Waals surface area contributed by atoms with Crippen molar-refractivity contribution in [2.45, 2.75) is 19.6 Å². The van der Waals surface area contributed by atoms with Gasteiger partial charge in [0.05, 0.1) is 0 Å². The molecule has 0 aromatic heterocycles. The molecule has 40 valence electrons. The minimum absolute atomic E-state index is 0. The molecule has 0 radical (unpaired) electrons. The zero-order valence-corrected chi connectivity index (χ0v) is 6.66. The summed E-state index contributed by atoms with van der Waals surface area (Å²) < 4.78 is 0. The van der Waals surface area contributed by atoms with Gasteiger partial charge in [-0.1, -0.05) is 19.6 Å². The van der Waals surface area contributed by atoms with Crippen LogP contribution in [-0.2, 0) is 17.1 Å². The van der Waals surface area contributed by atoms with Crippen LogP contribution >= 0.6 is 0 Å². The Labute approximate surface area is 51.8 Å². The fourth-order valence-electron chi connectivity index (χ4n) is 0. The van der Waals surface area contributed by atoms with Crippen LogP contribution in [0.2, 0.25) is 19.6 Å². The number of hydrogen-bond donors (Lipinski definition) is 0. The minimum atomic E-state index is -0.861. The van der Waals surface area contributed by atoms with Crippen molar-refractivity contribution in [1.29, 1.82) is 0 Å². The van der Waals surface area contributed by atoms with Crippen molar-refractivity contribution >= 4 is 8.07 Å². The smallest absolute Gasteiger partial charge is 0 e. The van der Waals surface area contributed by atoms with E-state index in [1.54, 1.807) is 0 Å². The summed E-state index contributed by atoms with van der Waals surface area (Å²) in [5.41, 5.74) is 0. The largest absolute Gasteiger partial charge is 0.342 e. The Hall–Kier alpha value is 0.736. The Kier molecular flexibility index (Phi) is 4.67. The Morgan fingerprint density at radius 2 is 1.17 bits per heavy atom. The van der Waals surface area contributed by atoms with E-state index in [1.165, 1.54) is 0 Å². The summed E-state index contributed by atoms with van der Waals surface area (Å²) in [5.74, 6) is 0. The Balaban J connectivity index is 0. The van der Waals surface area contributed by atoms with Crippen molar-refractivity contribution in [1.82, 2.24) is 0 Å². The average Bonchev–Trinajstić information content (AvgIpc) is 0.722. The van der Waals surface area contributed by atoms with Gasteiger partial charge in [0.15, 0.2) is 0 Å². The third-order valence-corrected chi connectivity index (χ3v) is 0. The van der Waals surface area contributed by atoms with Crippen LogP contribution in [0.15, 0.2) is 0 Å². The van der Waals surface area contributed by atoms with Crippen molar-refractivity contribution in [2.75, 3.05) is 0 Å². The van der Waals surface area contributed by atoms with Crippen molar-refractivity contribution in [3.8, 4) is 0 Å². The van der Waals surface area contributed by atoms with Crippen molar-refractivity contribution in [2.24, 2.45) is 0 Å². The van der Waals surface area contributed by atoms with Gasteiger partial charge in [0.1, 0.15) is 0 Å². The van der Waals surface area contributed by atoms with E-state index in [2.05, 4.69) is 26.2 Å². The Morgan fingerprint density at radius 3 is 1.17 bits per heavy atom. The van der Waals surface area contributed by atoms with E-state index in [0.29, 0.717) is 0 Å². The molecule has 0 atom stereocenters. The maximum atomic E-state index is 3.91. The molecule has 6 heavy (non-hydrogen) atoms. The minimum Gasteiger partial charge on any atom is -0.342 e. The zero-order chi connectivity index (χ0) is 4.50. The Bertz CT molecular complexity index is 23.0. The molecular formula is C4H11FeSi-. The molecule has 0 aliphatic heterocycles. The first kappa shape index (κ1) is 9.88. The quantitative estimate of drug-likeness (QED) is 0.357. The van der Waals surface area contributed by atoms with E-state index in [0.717, 1.165) is 0 Å². The summed E-state index contributed by atoms with van der Waals surface area (Å²) in [6.07, 6.45) is 0. The number of hydrogen-bond acceptors (Lipinski definition) is 0. The molecule has 0 aromatic rings. The molecule has 0 amide bonds. The predicted octanol–water partition coefficient (Wildman–Crippen LogP) is 1.70. The normalized spacial score (nSPS) is 10.0. The monoisotopic (exact) mass is 143 g/mol. The van der Waals surface area contributed by atoms with E-state index < -0.39 is 8.07 Å². The van der Waals surface area contributed by atoms with Crippen molar-refractivity contribution in [3.63, 3.8) is 0 Å². The van der Waals surface area contributed by atoms with Gasteiger partial charge in [-0.2, -0.15) is 0 Å². The summed E-state index contributed by atoms with van der Waals surface area (Å²) in [6, 6.07) is 0. The molecule has 0 aliphatic carbocycles. The molecule has 0 bridgehead atoms. The fraction of sp³-hybridized carbons (Fsp3) is 0.750. The van der Waals surface area contributed by atoms with Gasteiger partial charge in [-0.05, 0) is 0 Å². The molecule has 0 fully saturated rings. The average molecular weight is 143 g/mol. The fourth-order valence-corrected chi connectivity index (χ4v) is 0. The topological polar surface area (TPSA) is 0 Å². The van der Waals surface area contributed by atoms with E-state index in [9.17, 15) is 0 Å². The first-order valence-electron chi connectivity index (χ1n) is 1.85. The Morgan fingerprint density at radius 1 is 1.17 bits per heavy atom. The van der Waals surface area contributed by atoms with Gasteiger partial charge in [0.25, 0.3) is 0 Å². The van der Waals surface area contributed by atoms with Crippen LogP contribution in [0.1, 0.15) is 0 Å². The van der Waals surface area contributed by atoms with Crippen LogP contribution in [0.4, 0.5) is 0 Å². The molecule has 0 saturated heterocycles.